The zero-order chi connectivity index (χ0) is 17.8. The highest BCUT2D eigenvalue weighted by Crippen LogP contribution is 2.34. The number of oxime groups is 1. The molecule has 1 fully saturated rings. The summed E-state index contributed by atoms with van der Waals surface area (Å²) in [4.78, 5) is 46.2. The number of hydrogen-bond donors (Lipinski definition) is 1. The summed E-state index contributed by atoms with van der Waals surface area (Å²) in [5.41, 5.74) is 6.06. The van der Waals surface area contributed by atoms with Crippen LogP contribution in [0.5, 0.6) is 0 Å². The molecule has 0 saturated carbocycles. The van der Waals surface area contributed by atoms with Gasteiger partial charge in [0.2, 0.25) is 11.8 Å². The van der Waals surface area contributed by atoms with Crippen molar-refractivity contribution in [2.24, 2.45) is 22.7 Å². The summed E-state index contributed by atoms with van der Waals surface area (Å²) in [6.45, 7) is -0.0114. The fraction of sp³-hybridized carbons (Fsp3) is 0.353. The number of carbonyl (C=O) groups excluding carboxylic acids is 3. The molecule has 1 aromatic rings. The van der Waals surface area contributed by atoms with Crippen LogP contribution in [0.1, 0.15) is 25.0 Å². The SMILES string of the molecule is N/C(=N/OC(=O)CCN1C(=O)[C@H]2CC=CC[C@H]2C1=O)c1ccccn1. The van der Waals surface area contributed by atoms with Crippen LogP contribution in [0.4, 0.5) is 0 Å². The Labute approximate surface area is 144 Å². The first-order chi connectivity index (χ1) is 12.1. The van der Waals surface area contributed by atoms with Gasteiger partial charge in [-0.2, -0.15) is 0 Å². The van der Waals surface area contributed by atoms with E-state index in [1.807, 2.05) is 12.2 Å². The molecule has 3 rings (SSSR count). The lowest BCUT2D eigenvalue weighted by Gasteiger charge is -2.14. The van der Waals surface area contributed by atoms with E-state index < -0.39 is 5.97 Å². The van der Waals surface area contributed by atoms with E-state index in [0.29, 0.717) is 18.5 Å². The van der Waals surface area contributed by atoms with E-state index in [1.54, 1.807) is 24.4 Å². The van der Waals surface area contributed by atoms with Gasteiger partial charge in [0.15, 0.2) is 5.84 Å². The second-order valence-electron chi connectivity index (χ2n) is 5.89. The van der Waals surface area contributed by atoms with Crippen LogP contribution >= 0.6 is 0 Å². The Bertz CT molecular complexity index is 718. The van der Waals surface area contributed by atoms with Crippen molar-refractivity contribution in [2.75, 3.05) is 6.54 Å². The minimum atomic E-state index is -0.674. The number of nitrogens with two attached hydrogens (primary N) is 1. The Morgan fingerprint density at radius 1 is 1.24 bits per heavy atom. The molecule has 1 aromatic heterocycles. The van der Waals surface area contributed by atoms with Crippen molar-refractivity contribution >= 4 is 23.6 Å². The molecule has 130 valence electrons. The van der Waals surface area contributed by atoms with Gasteiger partial charge in [-0.1, -0.05) is 23.4 Å². The summed E-state index contributed by atoms with van der Waals surface area (Å²) in [7, 11) is 0. The zero-order valence-electron chi connectivity index (χ0n) is 13.5. The number of likely N-dealkylation sites (tertiary alicyclic amines) is 1. The molecule has 2 amide bonds. The van der Waals surface area contributed by atoms with E-state index in [-0.39, 0.29) is 42.5 Å². The summed E-state index contributed by atoms with van der Waals surface area (Å²) in [5, 5.41) is 3.53. The molecule has 2 N–H and O–H groups in total. The summed E-state index contributed by atoms with van der Waals surface area (Å²) >= 11 is 0. The molecule has 8 heteroatoms. The van der Waals surface area contributed by atoms with Gasteiger partial charge in [-0.15, -0.1) is 0 Å². The number of nitrogens with zero attached hydrogens (tertiary/aromatic N) is 3. The first kappa shape index (κ1) is 16.8. The van der Waals surface area contributed by atoms with Crippen molar-refractivity contribution in [2.45, 2.75) is 19.3 Å². The van der Waals surface area contributed by atoms with Crippen LogP contribution in [0.2, 0.25) is 0 Å². The molecule has 25 heavy (non-hydrogen) atoms. The fourth-order valence-corrected chi connectivity index (χ4v) is 3.00. The molecule has 1 saturated heterocycles. The Balaban J connectivity index is 1.53. The normalized spacial score (nSPS) is 22.9. The van der Waals surface area contributed by atoms with Crippen LogP contribution in [0, 0.1) is 11.8 Å². The van der Waals surface area contributed by atoms with Crippen LogP contribution in [0.15, 0.2) is 41.7 Å². The number of carbonyl (C=O) groups is 3. The van der Waals surface area contributed by atoms with E-state index in [9.17, 15) is 14.4 Å². The van der Waals surface area contributed by atoms with E-state index in [4.69, 9.17) is 10.6 Å². The summed E-state index contributed by atoms with van der Waals surface area (Å²) in [6, 6.07) is 5.08. The van der Waals surface area contributed by atoms with E-state index in [0.717, 1.165) is 4.90 Å². The summed E-state index contributed by atoms with van der Waals surface area (Å²) < 4.78 is 0. The Kier molecular flexibility index (Phi) is 4.87. The lowest BCUT2D eigenvalue weighted by Crippen LogP contribution is -2.33. The minimum absolute atomic E-state index is 0.0114. The average molecular weight is 342 g/mol. The number of amidine groups is 1. The number of aromatic nitrogens is 1. The van der Waals surface area contributed by atoms with E-state index in [1.165, 1.54) is 0 Å². The van der Waals surface area contributed by atoms with Gasteiger partial charge in [0, 0.05) is 12.7 Å². The van der Waals surface area contributed by atoms with Gasteiger partial charge in [0.05, 0.1) is 18.3 Å². The van der Waals surface area contributed by atoms with Crippen molar-refractivity contribution in [3.8, 4) is 0 Å². The van der Waals surface area contributed by atoms with Crippen LogP contribution in [0.3, 0.4) is 0 Å². The highest BCUT2D eigenvalue weighted by molar-refractivity contribution is 6.05. The number of imide groups is 1. The molecule has 0 aromatic carbocycles. The highest BCUT2D eigenvalue weighted by atomic mass is 16.7. The molecule has 2 aliphatic rings. The number of amides is 2. The molecular formula is C17H18N4O4. The van der Waals surface area contributed by atoms with Crippen molar-refractivity contribution in [1.29, 1.82) is 0 Å². The van der Waals surface area contributed by atoms with Gasteiger partial charge in [0.25, 0.3) is 0 Å². The van der Waals surface area contributed by atoms with Gasteiger partial charge in [-0.3, -0.25) is 19.5 Å². The lowest BCUT2D eigenvalue weighted by molar-refractivity contribution is -0.145. The van der Waals surface area contributed by atoms with Crippen LogP contribution in [-0.4, -0.2) is 40.0 Å². The third kappa shape index (κ3) is 3.57. The molecular weight excluding hydrogens is 324 g/mol. The molecule has 0 bridgehead atoms. The van der Waals surface area contributed by atoms with Crippen LogP contribution in [-0.2, 0) is 19.2 Å². The Morgan fingerprint density at radius 2 is 1.92 bits per heavy atom. The molecule has 2 heterocycles. The van der Waals surface area contributed by atoms with Crippen molar-refractivity contribution < 1.29 is 19.2 Å². The van der Waals surface area contributed by atoms with Crippen molar-refractivity contribution in [3.05, 3.63) is 42.2 Å². The smallest absolute Gasteiger partial charge is 0.336 e. The summed E-state index contributed by atoms with van der Waals surface area (Å²) in [5.74, 6) is -1.74. The maximum atomic E-state index is 12.3. The minimum Gasteiger partial charge on any atom is -0.379 e. The van der Waals surface area contributed by atoms with E-state index in [2.05, 4.69) is 10.1 Å². The van der Waals surface area contributed by atoms with Crippen molar-refractivity contribution in [3.63, 3.8) is 0 Å². The monoisotopic (exact) mass is 342 g/mol. The molecule has 0 radical (unpaired) electrons. The second-order valence-corrected chi connectivity index (χ2v) is 5.89. The lowest BCUT2D eigenvalue weighted by atomic mass is 9.85. The molecule has 8 nitrogen and oxygen atoms in total. The largest absolute Gasteiger partial charge is 0.379 e. The van der Waals surface area contributed by atoms with Gasteiger partial charge in [-0.25, -0.2) is 4.79 Å². The van der Waals surface area contributed by atoms with E-state index >= 15 is 0 Å². The predicted molar refractivity (Wildman–Crippen MR) is 87.7 cm³/mol. The standard InChI is InChI=1S/C17H18N4O4/c18-15(13-7-3-4-9-19-13)20-25-14(22)8-10-21-16(23)11-5-1-2-6-12(11)17(21)24/h1-4,7,9,11-12H,5-6,8,10H2,(H2,18,20)/t11-,12+. The molecule has 1 aliphatic carbocycles. The van der Waals surface area contributed by atoms with Gasteiger partial charge >= 0.3 is 5.97 Å². The number of hydrogen-bond acceptors (Lipinski definition) is 6. The van der Waals surface area contributed by atoms with Gasteiger partial charge in [0.1, 0.15) is 5.69 Å². The topological polar surface area (TPSA) is 115 Å². The van der Waals surface area contributed by atoms with Crippen LogP contribution < -0.4 is 5.73 Å². The van der Waals surface area contributed by atoms with Gasteiger partial charge < -0.3 is 10.6 Å². The Hall–Kier alpha value is -3.03. The molecule has 0 unspecified atom stereocenters. The number of pyridine rings is 1. The second kappa shape index (κ2) is 7.25. The maximum Gasteiger partial charge on any atom is 0.336 e. The maximum absolute atomic E-state index is 12.3. The highest BCUT2D eigenvalue weighted by Gasteiger charge is 2.46. The quantitative estimate of drug-likeness (QED) is 0.209. The molecule has 1 aliphatic heterocycles. The Morgan fingerprint density at radius 3 is 2.52 bits per heavy atom. The third-order valence-electron chi connectivity index (χ3n) is 4.31. The molecule has 2 atom stereocenters. The number of rotatable bonds is 5. The average Bonchev–Trinajstić information content (AvgIpc) is 2.89. The third-order valence-corrected chi connectivity index (χ3v) is 4.31. The number of fused-ring (bicyclic) bond motifs is 1. The van der Waals surface area contributed by atoms with Gasteiger partial charge in [-0.05, 0) is 25.0 Å². The predicted octanol–water partition coefficient (Wildman–Crippen LogP) is 0.586. The van der Waals surface area contributed by atoms with Crippen LogP contribution in [0.25, 0.3) is 0 Å². The zero-order valence-corrected chi connectivity index (χ0v) is 13.5. The fourth-order valence-electron chi connectivity index (χ4n) is 3.00. The molecule has 0 spiro atoms. The number of allylic oxidation sites excluding steroid dienone is 2. The van der Waals surface area contributed by atoms with Crippen molar-refractivity contribution in [1.82, 2.24) is 9.88 Å². The first-order valence-corrected chi connectivity index (χ1v) is 8.03. The first-order valence-electron chi connectivity index (χ1n) is 8.03. The summed E-state index contributed by atoms with van der Waals surface area (Å²) in [6.07, 6.45) is 6.38.